The summed E-state index contributed by atoms with van der Waals surface area (Å²) in [7, 11) is 0. The number of benzene rings is 1. The summed E-state index contributed by atoms with van der Waals surface area (Å²) in [4.78, 5) is 22.2. The number of aliphatic hydroxyl groups excluding tert-OH is 2. The number of rotatable bonds is 6. The van der Waals surface area contributed by atoms with Crippen LogP contribution in [0.1, 0.15) is 19.4 Å². The van der Waals surface area contributed by atoms with Crippen LogP contribution in [0, 0.1) is 0 Å². The van der Waals surface area contributed by atoms with E-state index < -0.39 is 42.6 Å². The first kappa shape index (κ1) is 19.3. The molecule has 8 heteroatoms. The zero-order valence-electron chi connectivity index (χ0n) is 14.0. The number of aliphatic hydroxyl groups is 2. The lowest BCUT2D eigenvalue weighted by Crippen LogP contribution is -2.60. The van der Waals surface area contributed by atoms with Crippen molar-refractivity contribution in [3.05, 3.63) is 35.9 Å². The number of ether oxygens (including phenoxy) is 4. The Morgan fingerprint density at radius 3 is 2.36 bits per heavy atom. The predicted molar refractivity (Wildman–Crippen MR) is 84.1 cm³/mol. The van der Waals surface area contributed by atoms with Crippen LogP contribution < -0.4 is 0 Å². The lowest BCUT2D eigenvalue weighted by molar-refractivity contribution is -0.306. The van der Waals surface area contributed by atoms with Crippen LogP contribution in [0.4, 0.5) is 0 Å². The maximum Gasteiger partial charge on any atom is 0.303 e. The highest BCUT2D eigenvalue weighted by molar-refractivity contribution is 5.66. The van der Waals surface area contributed by atoms with Crippen LogP contribution in [0.5, 0.6) is 0 Å². The molecular formula is C17H22O8. The minimum absolute atomic E-state index is 0.145. The summed E-state index contributed by atoms with van der Waals surface area (Å²) in [5.41, 5.74) is 0.852. The van der Waals surface area contributed by atoms with Gasteiger partial charge in [0.2, 0.25) is 0 Å². The molecule has 1 saturated heterocycles. The quantitative estimate of drug-likeness (QED) is 0.694. The molecule has 1 aliphatic rings. The third-order valence-corrected chi connectivity index (χ3v) is 3.65. The molecule has 1 aliphatic heterocycles. The number of esters is 2. The van der Waals surface area contributed by atoms with Crippen molar-refractivity contribution >= 4 is 11.9 Å². The summed E-state index contributed by atoms with van der Waals surface area (Å²) in [6.45, 7) is 2.27. The van der Waals surface area contributed by atoms with Crippen LogP contribution in [-0.2, 0) is 35.1 Å². The monoisotopic (exact) mass is 354 g/mol. The Morgan fingerprint density at radius 2 is 1.76 bits per heavy atom. The van der Waals surface area contributed by atoms with E-state index in [1.165, 1.54) is 6.92 Å². The predicted octanol–water partition coefficient (Wildman–Crippen LogP) is 0.145. The van der Waals surface area contributed by atoms with Crippen molar-refractivity contribution in [1.29, 1.82) is 0 Å². The molecule has 8 nitrogen and oxygen atoms in total. The van der Waals surface area contributed by atoms with Crippen molar-refractivity contribution in [3.63, 3.8) is 0 Å². The molecule has 2 N–H and O–H groups in total. The SMILES string of the molecule is CC(=O)OC[C@H]1O[C@@H](OCc2ccccc2)[C@H](O)[C@@H](OC(C)=O)[C@@H]1O. The van der Waals surface area contributed by atoms with Crippen molar-refractivity contribution in [2.45, 2.75) is 51.2 Å². The zero-order chi connectivity index (χ0) is 18.4. The molecule has 0 spiro atoms. The molecule has 1 fully saturated rings. The van der Waals surface area contributed by atoms with Gasteiger partial charge in [0.05, 0.1) is 6.61 Å². The van der Waals surface area contributed by atoms with E-state index in [-0.39, 0.29) is 13.2 Å². The number of carbonyl (C=O) groups is 2. The van der Waals surface area contributed by atoms with E-state index in [4.69, 9.17) is 18.9 Å². The van der Waals surface area contributed by atoms with Gasteiger partial charge in [-0.05, 0) is 5.56 Å². The standard InChI is InChI=1S/C17H22O8/c1-10(18)22-9-13-14(20)16(24-11(2)19)15(21)17(25-13)23-8-12-6-4-3-5-7-12/h3-7,13-17,20-21H,8-9H2,1-2H3/t13-,14-,15-,16+,17-/m1/s1. The Kier molecular flexibility index (Phi) is 6.89. The van der Waals surface area contributed by atoms with Crippen LogP contribution >= 0.6 is 0 Å². The average Bonchev–Trinajstić information content (AvgIpc) is 2.57. The van der Waals surface area contributed by atoms with Crippen molar-refractivity contribution in [2.75, 3.05) is 6.61 Å². The van der Waals surface area contributed by atoms with Gasteiger partial charge in [-0.1, -0.05) is 30.3 Å². The normalized spacial score (nSPS) is 29.0. The highest BCUT2D eigenvalue weighted by Gasteiger charge is 2.47. The van der Waals surface area contributed by atoms with Crippen LogP contribution in [0.25, 0.3) is 0 Å². The molecule has 0 aliphatic carbocycles. The molecule has 0 amide bonds. The van der Waals surface area contributed by atoms with Crippen molar-refractivity contribution < 1.29 is 38.7 Å². The summed E-state index contributed by atoms with van der Waals surface area (Å²) in [6, 6.07) is 9.21. The summed E-state index contributed by atoms with van der Waals surface area (Å²) < 4.78 is 20.9. The molecule has 0 radical (unpaired) electrons. The lowest BCUT2D eigenvalue weighted by Gasteiger charge is -2.41. The first-order valence-electron chi connectivity index (χ1n) is 7.86. The molecule has 1 aromatic rings. The topological polar surface area (TPSA) is 112 Å². The van der Waals surface area contributed by atoms with Crippen molar-refractivity contribution in [3.8, 4) is 0 Å². The third kappa shape index (κ3) is 5.50. The van der Waals surface area contributed by atoms with E-state index in [0.717, 1.165) is 12.5 Å². The smallest absolute Gasteiger partial charge is 0.303 e. The maximum atomic E-state index is 11.3. The van der Waals surface area contributed by atoms with Gasteiger partial charge in [-0.25, -0.2) is 0 Å². The van der Waals surface area contributed by atoms with Gasteiger partial charge in [-0.2, -0.15) is 0 Å². The van der Waals surface area contributed by atoms with Crippen molar-refractivity contribution in [2.24, 2.45) is 0 Å². The fourth-order valence-electron chi connectivity index (χ4n) is 2.46. The van der Waals surface area contributed by atoms with E-state index in [9.17, 15) is 19.8 Å². The minimum atomic E-state index is -1.39. The second-order valence-electron chi connectivity index (χ2n) is 5.70. The van der Waals surface area contributed by atoms with Crippen LogP contribution in [0.3, 0.4) is 0 Å². The Hall–Kier alpha value is -2.00. The second kappa shape index (κ2) is 8.91. The molecule has 138 valence electrons. The van der Waals surface area contributed by atoms with Gasteiger partial charge in [0.15, 0.2) is 12.4 Å². The molecule has 0 unspecified atom stereocenters. The first-order chi connectivity index (χ1) is 11.9. The fraction of sp³-hybridized carbons (Fsp3) is 0.529. The van der Waals surface area contributed by atoms with E-state index in [1.54, 1.807) is 0 Å². The van der Waals surface area contributed by atoms with E-state index in [1.807, 2.05) is 30.3 Å². The molecule has 1 aromatic carbocycles. The van der Waals surface area contributed by atoms with Gasteiger partial charge < -0.3 is 29.2 Å². The van der Waals surface area contributed by atoms with Gasteiger partial charge in [-0.3, -0.25) is 9.59 Å². The van der Waals surface area contributed by atoms with Gasteiger partial charge >= 0.3 is 11.9 Å². The maximum absolute atomic E-state index is 11.3. The van der Waals surface area contributed by atoms with Crippen LogP contribution in [0.2, 0.25) is 0 Å². The molecule has 1 heterocycles. The number of hydrogen-bond acceptors (Lipinski definition) is 8. The molecular weight excluding hydrogens is 332 g/mol. The van der Waals surface area contributed by atoms with Crippen LogP contribution in [-0.4, -0.2) is 59.5 Å². The Balaban J connectivity index is 2.07. The Morgan fingerprint density at radius 1 is 1.08 bits per heavy atom. The molecule has 2 rings (SSSR count). The van der Waals surface area contributed by atoms with E-state index in [2.05, 4.69) is 0 Å². The number of carbonyl (C=O) groups excluding carboxylic acids is 2. The molecule has 0 saturated carbocycles. The Labute approximate surface area is 145 Å². The minimum Gasteiger partial charge on any atom is -0.463 e. The largest absolute Gasteiger partial charge is 0.463 e. The van der Waals surface area contributed by atoms with Gasteiger partial charge in [0.1, 0.15) is 24.9 Å². The molecule has 5 atom stereocenters. The summed E-state index contributed by atoms with van der Waals surface area (Å²) >= 11 is 0. The summed E-state index contributed by atoms with van der Waals surface area (Å²) in [5, 5.41) is 20.6. The average molecular weight is 354 g/mol. The molecule has 0 aromatic heterocycles. The fourth-order valence-corrected chi connectivity index (χ4v) is 2.46. The number of hydrogen-bond donors (Lipinski definition) is 2. The molecule has 25 heavy (non-hydrogen) atoms. The molecule has 0 bridgehead atoms. The van der Waals surface area contributed by atoms with E-state index in [0.29, 0.717) is 0 Å². The lowest BCUT2D eigenvalue weighted by atomic mass is 9.99. The van der Waals surface area contributed by atoms with Gasteiger partial charge in [0.25, 0.3) is 0 Å². The summed E-state index contributed by atoms with van der Waals surface area (Å²) in [5.74, 6) is -1.22. The second-order valence-corrected chi connectivity index (χ2v) is 5.70. The van der Waals surface area contributed by atoms with Gasteiger partial charge in [0, 0.05) is 13.8 Å². The highest BCUT2D eigenvalue weighted by Crippen LogP contribution is 2.25. The van der Waals surface area contributed by atoms with Crippen LogP contribution in [0.15, 0.2) is 30.3 Å². The zero-order valence-corrected chi connectivity index (χ0v) is 14.0. The first-order valence-corrected chi connectivity index (χ1v) is 7.86. The van der Waals surface area contributed by atoms with Crippen molar-refractivity contribution in [1.82, 2.24) is 0 Å². The summed E-state index contributed by atoms with van der Waals surface area (Å²) in [6.07, 6.45) is -6.18. The highest BCUT2D eigenvalue weighted by atomic mass is 16.7. The van der Waals surface area contributed by atoms with Gasteiger partial charge in [-0.15, -0.1) is 0 Å². The Bertz CT molecular complexity index is 575. The van der Waals surface area contributed by atoms with E-state index >= 15 is 0 Å². The third-order valence-electron chi connectivity index (χ3n) is 3.65.